The van der Waals surface area contributed by atoms with Crippen molar-refractivity contribution in [1.29, 1.82) is 0 Å². The number of rotatable bonds is 6. The first-order valence-corrected chi connectivity index (χ1v) is 10.6. The number of hydrogen-bond acceptors (Lipinski definition) is 4. The van der Waals surface area contributed by atoms with Crippen LogP contribution in [-0.2, 0) is 14.8 Å². The molecule has 3 rings (SSSR count). The van der Waals surface area contributed by atoms with E-state index in [2.05, 4.69) is 5.32 Å². The lowest BCUT2D eigenvalue weighted by molar-refractivity contribution is -0.120. The largest absolute Gasteiger partial charge is 0.494 e. The molecule has 0 radical (unpaired) electrons. The molecular weight excluding hydrogens is 364 g/mol. The minimum Gasteiger partial charge on any atom is -0.494 e. The third kappa shape index (κ3) is 4.48. The molecule has 0 spiro atoms. The summed E-state index contributed by atoms with van der Waals surface area (Å²) in [5.41, 5.74) is 0.617. The van der Waals surface area contributed by atoms with Crippen LogP contribution in [0.5, 0.6) is 5.75 Å². The van der Waals surface area contributed by atoms with Gasteiger partial charge in [-0.3, -0.25) is 4.79 Å². The second-order valence-corrected chi connectivity index (χ2v) is 8.28. The van der Waals surface area contributed by atoms with E-state index in [1.807, 2.05) is 6.92 Å². The molecule has 0 unspecified atom stereocenters. The van der Waals surface area contributed by atoms with Crippen molar-refractivity contribution in [2.24, 2.45) is 0 Å². The van der Waals surface area contributed by atoms with E-state index in [0.29, 0.717) is 25.3 Å². The molecule has 6 nitrogen and oxygen atoms in total. The van der Waals surface area contributed by atoms with Crippen molar-refractivity contribution in [1.82, 2.24) is 4.31 Å². The van der Waals surface area contributed by atoms with E-state index < -0.39 is 16.1 Å². The van der Waals surface area contributed by atoms with Gasteiger partial charge in [0.15, 0.2) is 0 Å². The van der Waals surface area contributed by atoms with Crippen LogP contribution in [0.25, 0.3) is 0 Å². The average molecular weight is 388 g/mol. The maximum Gasteiger partial charge on any atom is 0.243 e. The molecule has 1 amide bonds. The zero-order valence-electron chi connectivity index (χ0n) is 15.3. The Morgan fingerprint density at radius 2 is 1.81 bits per heavy atom. The van der Waals surface area contributed by atoms with E-state index in [0.717, 1.165) is 18.6 Å². The van der Waals surface area contributed by atoms with Gasteiger partial charge in [-0.2, -0.15) is 4.31 Å². The number of nitrogens with one attached hydrogen (secondary N) is 1. The smallest absolute Gasteiger partial charge is 0.243 e. The van der Waals surface area contributed by atoms with Crippen LogP contribution in [0.1, 0.15) is 26.2 Å². The Kier molecular flexibility index (Phi) is 6.13. The van der Waals surface area contributed by atoms with Crippen LogP contribution in [0.2, 0.25) is 0 Å². The first-order valence-electron chi connectivity index (χ1n) is 9.13. The minimum absolute atomic E-state index is 0.214. The summed E-state index contributed by atoms with van der Waals surface area (Å²) in [6.07, 6.45) is 2.08. The van der Waals surface area contributed by atoms with Gasteiger partial charge in [-0.25, -0.2) is 8.42 Å². The molecule has 144 valence electrons. The van der Waals surface area contributed by atoms with Crippen LogP contribution >= 0.6 is 0 Å². The molecule has 1 saturated heterocycles. The molecule has 2 aromatic carbocycles. The third-order valence-corrected chi connectivity index (χ3v) is 6.46. The molecule has 0 aliphatic carbocycles. The van der Waals surface area contributed by atoms with Gasteiger partial charge in [-0.15, -0.1) is 0 Å². The molecule has 1 N–H and O–H groups in total. The van der Waals surface area contributed by atoms with Gasteiger partial charge in [0.25, 0.3) is 0 Å². The Morgan fingerprint density at radius 1 is 1.11 bits per heavy atom. The molecule has 2 aromatic rings. The number of benzene rings is 2. The molecule has 0 bridgehead atoms. The fourth-order valence-corrected chi connectivity index (χ4v) is 4.89. The normalized spacial score (nSPS) is 18.0. The zero-order chi connectivity index (χ0) is 19.3. The first-order chi connectivity index (χ1) is 13.0. The number of piperidine rings is 1. The summed E-state index contributed by atoms with van der Waals surface area (Å²) < 4.78 is 32.7. The molecule has 0 aromatic heterocycles. The number of anilines is 1. The highest BCUT2D eigenvalue weighted by Gasteiger charge is 2.37. The van der Waals surface area contributed by atoms with Crippen molar-refractivity contribution in [2.45, 2.75) is 37.1 Å². The number of carbonyl (C=O) groups excluding carboxylic acids is 1. The topological polar surface area (TPSA) is 75.7 Å². The molecule has 1 fully saturated rings. The van der Waals surface area contributed by atoms with E-state index in [9.17, 15) is 13.2 Å². The summed E-state index contributed by atoms with van der Waals surface area (Å²) in [6, 6.07) is 14.6. The summed E-state index contributed by atoms with van der Waals surface area (Å²) in [5.74, 6) is 0.416. The Bertz CT molecular complexity index is 867. The Morgan fingerprint density at radius 3 is 2.48 bits per heavy atom. The lowest BCUT2D eigenvalue weighted by Crippen LogP contribution is -2.49. The lowest BCUT2D eigenvalue weighted by Gasteiger charge is -2.33. The lowest BCUT2D eigenvalue weighted by atomic mass is 10.0. The van der Waals surface area contributed by atoms with Crippen LogP contribution in [-0.4, -0.2) is 37.8 Å². The highest BCUT2D eigenvalue weighted by atomic mass is 32.2. The van der Waals surface area contributed by atoms with Gasteiger partial charge in [0.05, 0.1) is 11.5 Å². The van der Waals surface area contributed by atoms with Crippen molar-refractivity contribution in [3.05, 3.63) is 54.6 Å². The van der Waals surface area contributed by atoms with E-state index in [4.69, 9.17) is 4.74 Å². The van der Waals surface area contributed by atoms with Gasteiger partial charge < -0.3 is 10.1 Å². The first kappa shape index (κ1) is 19.4. The van der Waals surface area contributed by atoms with Crippen molar-refractivity contribution in [3.8, 4) is 5.75 Å². The van der Waals surface area contributed by atoms with Gasteiger partial charge >= 0.3 is 0 Å². The quantitative estimate of drug-likeness (QED) is 0.824. The Labute approximate surface area is 160 Å². The predicted molar refractivity (Wildman–Crippen MR) is 104 cm³/mol. The summed E-state index contributed by atoms with van der Waals surface area (Å²) in [6.45, 7) is 2.82. The van der Waals surface area contributed by atoms with Crippen LogP contribution in [0, 0.1) is 0 Å². The van der Waals surface area contributed by atoms with E-state index >= 15 is 0 Å². The number of ether oxygens (including phenoxy) is 1. The van der Waals surface area contributed by atoms with Gasteiger partial charge in [-0.05, 0) is 56.2 Å². The highest BCUT2D eigenvalue weighted by Crippen LogP contribution is 2.26. The van der Waals surface area contributed by atoms with Crippen molar-refractivity contribution >= 4 is 21.6 Å². The molecule has 27 heavy (non-hydrogen) atoms. The van der Waals surface area contributed by atoms with Gasteiger partial charge in [-0.1, -0.05) is 24.6 Å². The van der Waals surface area contributed by atoms with Gasteiger partial charge in [0.2, 0.25) is 15.9 Å². The predicted octanol–water partition coefficient (Wildman–Crippen LogP) is 3.27. The van der Waals surface area contributed by atoms with Gasteiger partial charge in [0.1, 0.15) is 11.8 Å². The van der Waals surface area contributed by atoms with E-state index in [1.54, 1.807) is 54.6 Å². The number of hydrogen-bond donors (Lipinski definition) is 1. The summed E-state index contributed by atoms with van der Waals surface area (Å²) >= 11 is 0. The van der Waals surface area contributed by atoms with Crippen LogP contribution in [0.3, 0.4) is 0 Å². The summed E-state index contributed by atoms with van der Waals surface area (Å²) in [7, 11) is -3.71. The Balaban J connectivity index is 1.77. The fourth-order valence-electron chi connectivity index (χ4n) is 3.21. The zero-order valence-corrected chi connectivity index (χ0v) is 16.1. The highest BCUT2D eigenvalue weighted by molar-refractivity contribution is 7.89. The molecular formula is C20H24N2O4S. The molecule has 1 aliphatic heterocycles. The summed E-state index contributed by atoms with van der Waals surface area (Å²) in [4.78, 5) is 13.0. The molecule has 7 heteroatoms. The SMILES string of the molecule is CCOc1ccc(NC(=O)[C@H]2CCCCN2S(=O)(=O)c2ccccc2)cc1. The monoisotopic (exact) mass is 388 g/mol. The van der Waals surface area contributed by atoms with Crippen LogP contribution < -0.4 is 10.1 Å². The number of nitrogens with zero attached hydrogens (tertiary/aromatic N) is 1. The average Bonchev–Trinajstić information content (AvgIpc) is 2.70. The van der Waals surface area contributed by atoms with Crippen LogP contribution in [0.4, 0.5) is 5.69 Å². The maximum atomic E-state index is 13.0. The summed E-state index contributed by atoms with van der Waals surface area (Å²) in [5, 5.41) is 2.83. The van der Waals surface area contributed by atoms with Crippen LogP contribution in [0.15, 0.2) is 59.5 Å². The van der Waals surface area contributed by atoms with Gasteiger partial charge in [0, 0.05) is 12.2 Å². The fraction of sp³-hybridized carbons (Fsp3) is 0.350. The molecule has 1 heterocycles. The number of sulfonamides is 1. The standard InChI is InChI=1S/C20H24N2O4S/c1-2-26-17-13-11-16(12-14-17)21-20(23)19-10-6-7-15-22(19)27(24,25)18-8-4-3-5-9-18/h3-5,8-9,11-14,19H,2,6-7,10,15H2,1H3,(H,21,23)/t19-/m1/s1. The second kappa shape index (κ2) is 8.54. The maximum absolute atomic E-state index is 13.0. The molecule has 0 saturated carbocycles. The molecule has 1 aliphatic rings. The number of carbonyl (C=O) groups is 1. The van der Waals surface area contributed by atoms with Crippen molar-refractivity contribution < 1.29 is 17.9 Å². The van der Waals surface area contributed by atoms with Crippen molar-refractivity contribution in [3.63, 3.8) is 0 Å². The molecule has 1 atom stereocenters. The number of amides is 1. The van der Waals surface area contributed by atoms with Crippen molar-refractivity contribution in [2.75, 3.05) is 18.5 Å². The Hall–Kier alpha value is -2.38. The third-order valence-electron chi connectivity index (χ3n) is 4.54. The van der Waals surface area contributed by atoms with E-state index in [1.165, 1.54) is 4.31 Å². The minimum atomic E-state index is -3.71. The van der Waals surface area contributed by atoms with E-state index in [-0.39, 0.29) is 10.8 Å². The second-order valence-electron chi connectivity index (χ2n) is 6.39.